The van der Waals surface area contributed by atoms with Crippen molar-refractivity contribution in [1.29, 1.82) is 0 Å². The minimum absolute atomic E-state index is 0.0177. The number of rotatable bonds is 5. The molecule has 114 valence electrons. The minimum atomic E-state index is -0.389. The molecule has 0 atom stereocenters. The fraction of sp³-hybridized carbons (Fsp3) is 0.273. The van der Waals surface area contributed by atoms with E-state index in [1.54, 1.807) is 6.20 Å². The molecule has 0 aliphatic heterocycles. The third-order valence-electron chi connectivity index (χ3n) is 2.75. The number of methoxy groups -OCH3 is 1. The number of anilines is 2. The largest absolute Gasteiger partial charge is 0.468 e. The lowest BCUT2D eigenvalue weighted by Crippen LogP contribution is -2.11. The van der Waals surface area contributed by atoms with Crippen molar-refractivity contribution in [2.24, 2.45) is 0 Å². The Morgan fingerprint density at radius 2 is 2.36 bits per heavy atom. The molecule has 0 aliphatic rings. The Balaban J connectivity index is 1.70. The standard InChI is InChI=1S/C11H12N8O2S/c1-21-7(20)4-19-3-6(17-18-19)2-13-9-8-10(15-5-14-9)22-11(12)16-8/h3,5H,2,4H2,1H3,(H2,12,16)(H,13,14,15). The maximum atomic E-state index is 11.2. The van der Waals surface area contributed by atoms with Gasteiger partial charge in [-0.2, -0.15) is 0 Å². The molecule has 0 aromatic carbocycles. The SMILES string of the molecule is COC(=O)Cn1cc(CNc2ncnc3sc(N)nc23)nn1. The van der Waals surface area contributed by atoms with Crippen LogP contribution >= 0.6 is 11.3 Å². The molecular formula is C11H12N8O2S. The lowest BCUT2D eigenvalue weighted by atomic mass is 10.4. The molecule has 0 saturated carbocycles. The summed E-state index contributed by atoms with van der Waals surface area (Å²) in [6, 6.07) is 0. The number of fused-ring (bicyclic) bond motifs is 1. The van der Waals surface area contributed by atoms with Crippen molar-refractivity contribution in [2.45, 2.75) is 13.1 Å². The van der Waals surface area contributed by atoms with Gasteiger partial charge in [-0.25, -0.2) is 19.6 Å². The van der Waals surface area contributed by atoms with E-state index in [0.717, 1.165) is 0 Å². The number of aromatic nitrogens is 6. The maximum absolute atomic E-state index is 11.2. The van der Waals surface area contributed by atoms with Crippen LogP contribution in [0.15, 0.2) is 12.5 Å². The second kappa shape index (κ2) is 5.89. The van der Waals surface area contributed by atoms with Gasteiger partial charge in [0.1, 0.15) is 24.1 Å². The molecule has 0 fully saturated rings. The number of nitrogens with one attached hydrogen (secondary N) is 1. The van der Waals surface area contributed by atoms with E-state index in [0.29, 0.717) is 33.5 Å². The minimum Gasteiger partial charge on any atom is -0.468 e. The smallest absolute Gasteiger partial charge is 0.327 e. The summed E-state index contributed by atoms with van der Waals surface area (Å²) in [5, 5.41) is 11.3. The molecular weight excluding hydrogens is 308 g/mol. The molecule has 10 nitrogen and oxygen atoms in total. The van der Waals surface area contributed by atoms with E-state index >= 15 is 0 Å². The molecule has 0 aliphatic carbocycles. The van der Waals surface area contributed by atoms with Crippen LogP contribution in [0.2, 0.25) is 0 Å². The van der Waals surface area contributed by atoms with Gasteiger partial charge in [-0.1, -0.05) is 16.6 Å². The number of ether oxygens (including phenoxy) is 1. The monoisotopic (exact) mass is 320 g/mol. The summed E-state index contributed by atoms with van der Waals surface area (Å²) in [7, 11) is 1.32. The molecule has 0 amide bonds. The molecule has 11 heteroatoms. The van der Waals surface area contributed by atoms with Gasteiger partial charge in [0.25, 0.3) is 0 Å². The van der Waals surface area contributed by atoms with Crippen molar-refractivity contribution in [3.63, 3.8) is 0 Å². The van der Waals surface area contributed by atoms with Gasteiger partial charge in [-0.15, -0.1) is 5.10 Å². The van der Waals surface area contributed by atoms with Crippen LogP contribution in [-0.4, -0.2) is 43.0 Å². The Bertz CT molecular complexity index is 813. The Morgan fingerprint density at radius 3 is 3.18 bits per heavy atom. The second-order valence-corrected chi connectivity index (χ2v) is 5.27. The van der Waals surface area contributed by atoms with Crippen molar-refractivity contribution in [3.05, 3.63) is 18.2 Å². The molecule has 3 N–H and O–H groups in total. The molecule has 0 unspecified atom stereocenters. The summed E-state index contributed by atoms with van der Waals surface area (Å²) < 4.78 is 5.97. The van der Waals surface area contributed by atoms with Crippen molar-refractivity contribution in [1.82, 2.24) is 29.9 Å². The average Bonchev–Trinajstić information content (AvgIpc) is 3.10. The van der Waals surface area contributed by atoms with Crippen molar-refractivity contribution >= 4 is 38.6 Å². The van der Waals surface area contributed by atoms with E-state index in [1.165, 1.54) is 29.5 Å². The van der Waals surface area contributed by atoms with E-state index in [1.807, 2.05) is 0 Å². The van der Waals surface area contributed by atoms with E-state index in [-0.39, 0.29) is 12.5 Å². The van der Waals surface area contributed by atoms with Gasteiger partial charge in [-0.3, -0.25) is 4.79 Å². The number of nitrogen functional groups attached to an aromatic ring is 1. The molecule has 0 radical (unpaired) electrons. The highest BCUT2D eigenvalue weighted by atomic mass is 32.1. The quantitative estimate of drug-likeness (QED) is 0.625. The Hall–Kier alpha value is -2.82. The third kappa shape index (κ3) is 2.93. The number of hydrogen-bond acceptors (Lipinski definition) is 10. The highest BCUT2D eigenvalue weighted by molar-refractivity contribution is 7.21. The van der Waals surface area contributed by atoms with Crippen LogP contribution in [0.25, 0.3) is 10.3 Å². The predicted octanol–water partition coefficient (Wildman–Crippen LogP) is 0.0451. The number of nitrogens with zero attached hydrogens (tertiary/aromatic N) is 6. The van der Waals surface area contributed by atoms with Crippen LogP contribution in [0.3, 0.4) is 0 Å². The Morgan fingerprint density at radius 1 is 1.50 bits per heavy atom. The van der Waals surface area contributed by atoms with Crippen LogP contribution in [0.1, 0.15) is 5.69 Å². The van der Waals surface area contributed by atoms with Gasteiger partial charge >= 0.3 is 5.97 Å². The van der Waals surface area contributed by atoms with Gasteiger partial charge in [0.05, 0.1) is 19.9 Å². The average molecular weight is 320 g/mol. The second-order valence-electron chi connectivity index (χ2n) is 4.27. The number of esters is 1. The van der Waals surface area contributed by atoms with E-state index < -0.39 is 0 Å². The first-order valence-corrected chi connectivity index (χ1v) is 7.04. The molecule has 3 aromatic heterocycles. The van der Waals surface area contributed by atoms with E-state index in [2.05, 4.69) is 35.3 Å². The highest BCUT2D eigenvalue weighted by Gasteiger charge is 2.10. The van der Waals surface area contributed by atoms with Gasteiger partial charge in [0, 0.05) is 0 Å². The van der Waals surface area contributed by atoms with Crippen LogP contribution in [-0.2, 0) is 22.6 Å². The van der Waals surface area contributed by atoms with Gasteiger partial charge in [0.15, 0.2) is 15.8 Å². The Labute approximate surface area is 128 Å². The van der Waals surface area contributed by atoms with Crippen LogP contribution in [0.4, 0.5) is 10.9 Å². The fourth-order valence-corrected chi connectivity index (χ4v) is 2.44. The van der Waals surface area contributed by atoms with E-state index in [4.69, 9.17) is 5.73 Å². The first-order valence-electron chi connectivity index (χ1n) is 6.22. The van der Waals surface area contributed by atoms with Crippen LogP contribution in [0, 0.1) is 0 Å². The fourth-order valence-electron chi connectivity index (χ4n) is 1.77. The maximum Gasteiger partial charge on any atom is 0.327 e. The van der Waals surface area contributed by atoms with Crippen LogP contribution in [0.5, 0.6) is 0 Å². The Kier molecular flexibility index (Phi) is 3.78. The zero-order chi connectivity index (χ0) is 15.5. The lowest BCUT2D eigenvalue weighted by molar-refractivity contribution is -0.141. The summed E-state index contributed by atoms with van der Waals surface area (Å²) in [6.07, 6.45) is 3.09. The van der Waals surface area contributed by atoms with Crippen molar-refractivity contribution in [2.75, 3.05) is 18.2 Å². The zero-order valence-corrected chi connectivity index (χ0v) is 12.4. The topological polar surface area (TPSA) is 134 Å². The number of nitrogens with two attached hydrogens (primary N) is 1. The molecule has 0 bridgehead atoms. The van der Waals surface area contributed by atoms with Gasteiger partial charge < -0.3 is 15.8 Å². The predicted molar refractivity (Wildman–Crippen MR) is 79.0 cm³/mol. The summed E-state index contributed by atoms with van der Waals surface area (Å²) >= 11 is 1.29. The number of carbonyl (C=O) groups excluding carboxylic acids is 1. The van der Waals surface area contributed by atoms with Gasteiger partial charge in [-0.05, 0) is 0 Å². The summed E-state index contributed by atoms with van der Waals surface area (Å²) in [4.78, 5) is 24.3. The molecule has 0 saturated heterocycles. The molecule has 3 aromatic rings. The molecule has 22 heavy (non-hydrogen) atoms. The van der Waals surface area contributed by atoms with E-state index in [9.17, 15) is 4.79 Å². The number of hydrogen-bond donors (Lipinski definition) is 2. The molecule has 3 heterocycles. The number of thiazole rings is 1. The lowest BCUT2D eigenvalue weighted by Gasteiger charge is -2.02. The normalized spacial score (nSPS) is 10.8. The molecule has 3 rings (SSSR count). The van der Waals surface area contributed by atoms with Gasteiger partial charge in [0.2, 0.25) is 0 Å². The highest BCUT2D eigenvalue weighted by Crippen LogP contribution is 2.25. The third-order valence-corrected chi connectivity index (χ3v) is 3.55. The first-order chi connectivity index (χ1) is 10.7. The van der Waals surface area contributed by atoms with Crippen LogP contribution < -0.4 is 11.1 Å². The molecule has 0 spiro atoms. The number of carbonyl (C=O) groups is 1. The van der Waals surface area contributed by atoms with Crippen molar-refractivity contribution in [3.8, 4) is 0 Å². The first kappa shape index (κ1) is 14.1. The van der Waals surface area contributed by atoms with Crippen molar-refractivity contribution < 1.29 is 9.53 Å². The summed E-state index contributed by atoms with van der Waals surface area (Å²) in [5.41, 5.74) is 6.94. The zero-order valence-electron chi connectivity index (χ0n) is 11.6. The summed E-state index contributed by atoms with van der Waals surface area (Å²) in [6.45, 7) is 0.397. The summed E-state index contributed by atoms with van der Waals surface area (Å²) in [5.74, 6) is 0.181.